The second-order valence-corrected chi connectivity index (χ2v) is 7.80. The van der Waals surface area contributed by atoms with Gasteiger partial charge in [-0.1, -0.05) is 6.07 Å². The molecule has 0 aromatic carbocycles. The summed E-state index contributed by atoms with van der Waals surface area (Å²) in [6.45, 7) is 3.34. The second kappa shape index (κ2) is 7.89. The molecule has 0 unspecified atom stereocenters. The van der Waals surface area contributed by atoms with Crippen LogP contribution in [0.1, 0.15) is 4.88 Å². The van der Waals surface area contributed by atoms with Gasteiger partial charge in [-0.05, 0) is 24.9 Å². The lowest BCUT2D eigenvalue weighted by atomic mass is 10.3. The minimum Gasteiger partial charge on any atom is -0.315 e. The number of likely N-dealkylation sites (N-methyl/N-ethyl adjacent to an activating group) is 1. The molecule has 18 heavy (non-hydrogen) atoms. The van der Waals surface area contributed by atoms with E-state index in [0.717, 1.165) is 26.1 Å². The van der Waals surface area contributed by atoms with Crippen LogP contribution in [0.5, 0.6) is 0 Å². The molecule has 0 aliphatic carbocycles. The van der Waals surface area contributed by atoms with Gasteiger partial charge in [0.15, 0.2) is 0 Å². The lowest BCUT2D eigenvalue weighted by Gasteiger charge is -2.16. The van der Waals surface area contributed by atoms with Crippen molar-refractivity contribution in [2.75, 3.05) is 45.2 Å². The lowest BCUT2D eigenvalue weighted by molar-refractivity contribution is 0.350. The largest absolute Gasteiger partial charge is 0.315 e. The predicted octanol–water partition coefficient (Wildman–Crippen LogP) is 0.857. The maximum absolute atomic E-state index is 11.0. The maximum Gasteiger partial charge on any atom is 0.148 e. The summed E-state index contributed by atoms with van der Waals surface area (Å²) in [6.07, 6.45) is 2.34. The third-order valence-electron chi connectivity index (χ3n) is 2.64. The number of hydrogen-bond donors (Lipinski definition) is 1. The van der Waals surface area contributed by atoms with E-state index in [-0.39, 0.29) is 5.75 Å². The van der Waals surface area contributed by atoms with Gasteiger partial charge in [0.2, 0.25) is 0 Å². The van der Waals surface area contributed by atoms with Crippen LogP contribution >= 0.6 is 11.3 Å². The zero-order chi connectivity index (χ0) is 13.4. The van der Waals surface area contributed by atoms with Crippen molar-refractivity contribution in [2.24, 2.45) is 0 Å². The summed E-state index contributed by atoms with van der Waals surface area (Å²) < 4.78 is 22.0. The Hall–Kier alpha value is -0.430. The molecule has 0 amide bonds. The number of sulfone groups is 1. The fourth-order valence-corrected chi connectivity index (χ4v) is 2.85. The average molecular weight is 290 g/mol. The summed E-state index contributed by atoms with van der Waals surface area (Å²) in [5.74, 6) is 0.235. The van der Waals surface area contributed by atoms with E-state index in [4.69, 9.17) is 0 Å². The van der Waals surface area contributed by atoms with E-state index in [1.807, 2.05) is 11.9 Å². The molecule has 0 fully saturated rings. The highest BCUT2D eigenvalue weighted by Crippen LogP contribution is 2.07. The smallest absolute Gasteiger partial charge is 0.148 e. The SMILES string of the molecule is CN(CCNCCc1cccs1)CCS(C)(=O)=O. The predicted molar refractivity (Wildman–Crippen MR) is 78.1 cm³/mol. The van der Waals surface area contributed by atoms with Crippen LogP contribution in [0.4, 0.5) is 0 Å². The van der Waals surface area contributed by atoms with Gasteiger partial charge < -0.3 is 10.2 Å². The number of hydrogen-bond acceptors (Lipinski definition) is 5. The highest BCUT2D eigenvalue weighted by atomic mass is 32.2. The van der Waals surface area contributed by atoms with Crippen molar-refractivity contribution in [3.05, 3.63) is 22.4 Å². The van der Waals surface area contributed by atoms with Gasteiger partial charge in [0.25, 0.3) is 0 Å². The number of rotatable bonds is 9. The Morgan fingerprint density at radius 1 is 1.33 bits per heavy atom. The molecule has 1 rings (SSSR count). The molecule has 0 radical (unpaired) electrons. The van der Waals surface area contributed by atoms with Gasteiger partial charge in [0, 0.05) is 37.3 Å². The molecule has 6 heteroatoms. The van der Waals surface area contributed by atoms with E-state index in [0.29, 0.717) is 6.54 Å². The van der Waals surface area contributed by atoms with Crippen molar-refractivity contribution in [1.82, 2.24) is 10.2 Å². The molecule has 0 saturated carbocycles. The van der Waals surface area contributed by atoms with Gasteiger partial charge in [0.1, 0.15) is 9.84 Å². The van der Waals surface area contributed by atoms with Crippen LogP contribution in [0.2, 0.25) is 0 Å². The highest BCUT2D eigenvalue weighted by molar-refractivity contribution is 7.90. The molecule has 0 aliphatic rings. The van der Waals surface area contributed by atoms with Gasteiger partial charge in [-0.15, -0.1) is 11.3 Å². The van der Waals surface area contributed by atoms with Gasteiger partial charge >= 0.3 is 0 Å². The summed E-state index contributed by atoms with van der Waals surface area (Å²) >= 11 is 1.78. The van der Waals surface area contributed by atoms with E-state index in [1.54, 1.807) is 11.3 Å². The van der Waals surface area contributed by atoms with Crippen LogP contribution in [0.3, 0.4) is 0 Å². The first-order chi connectivity index (χ1) is 8.47. The molecule has 0 bridgehead atoms. The molecule has 1 heterocycles. The van der Waals surface area contributed by atoms with Crippen LogP contribution in [-0.4, -0.2) is 58.6 Å². The minimum absolute atomic E-state index is 0.235. The molecular formula is C12H22N2O2S2. The summed E-state index contributed by atoms with van der Waals surface area (Å²) in [5.41, 5.74) is 0. The van der Waals surface area contributed by atoms with Crippen LogP contribution < -0.4 is 5.32 Å². The van der Waals surface area contributed by atoms with Crippen LogP contribution in [0.15, 0.2) is 17.5 Å². The van der Waals surface area contributed by atoms with Gasteiger partial charge in [-0.3, -0.25) is 0 Å². The molecule has 1 aromatic heterocycles. The third kappa shape index (κ3) is 7.81. The second-order valence-electron chi connectivity index (χ2n) is 4.51. The Labute approximate surface area is 114 Å². The molecule has 0 saturated heterocycles. The zero-order valence-electron chi connectivity index (χ0n) is 11.1. The van der Waals surface area contributed by atoms with Crippen molar-refractivity contribution >= 4 is 21.2 Å². The monoisotopic (exact) mass is 290 g/mol. The summed E-state index contributed by atoms with van der Waals surface area (Å²) in [4.78, 5) is 3.44. The third-order valence-corrected chi connectivity index (χ3v) is 4.50. The van der Waals surface area contributed by atoms with E-state index in [1.165, 1.54) is 11.1 Å². The summed E-state index contributed by atoms with van der Waals surface area (Å²) in [7, 11) is -0.894. The van der Waals surface area contributed by atoms with Crippen LogP contribution in [0, 0.1) is 0 Å². The molecule has 0 spiro atoms. The Morgan fingerprint density at radius 3 is 2.72 bits per heavy atom. The van der Waals surface area contributed by atoms with E-state index < -0.39 is 9.84 Å². The molecular weight excluding hydrogens is 268 g/mol. The summed E-state index contributed by atoms with van der Waals surface area (Å²) in [5, 5.41) is 5.46. The van der Waals surface area contributed by atoms with E-state index in [9.17, 15) is 8.42 Å². The van der Waals surface area contributed by atoms with Gasteiger partial charge in [0.05, 0.1) is 5.75 Å². The normalized spacial score (nSPS) is 12.2. The van der Waals surface area contributed by atoms with Gasteiger partial charge in [-0.25, -0.2) is 8.42 Å². The number of thiophene rings is 1. The van der Waals surface area contributed by atoms with Crippen molar-refractivity contribution in [2.45, 2.75) is 6.42 Å². The van der Waals surface area contributed by atoms with Gasteiger partial charge in [-0.2, -0.15) is 0 Å². The Balaban J connectivity index is 2.00. The number of nitrogens with zero attached hydrogens (tertiary/aromatic N) is 1. The minimum atomic E-state index is -2.84. The molecule has 4 nitrogen and oxygen atoms in total. The average Bonchev–Trinajstić information content (AvgIpc) is 2.78. The first-order valence-electron chi connectivity index (χ1n) is 6.07. The maximum atomic E-state index is 11.0. The number of nitrogens with one attached hydrogen (secondary N) is 1. The topological polar surface area (TPSA) is 49.4 Å². The standard InChI is InChI=1S/C12H22N2O2S2/c1-14(9-11-18(2,15)16)8-7-13-6-5-12-4-3-10-17-12/h3-4,10,13H,5-9,11H2,1-2H3. The Kier molecular flexibility index (Phi) is 6.85. The highest BCUT2D eigenvalue weighted by Gasteiger charge is 2.04. The Bertz CT molecular complexity index is 415. The van der Waals surface area contributed by atoms with E-state index in [2.05, 4.69) is 22.8 Å². The summed E-state index contributed by atoms with van der Waals surface area (Å²) in [6, 6.07) is 4.21. The fourth-order valence-electron chi connectivity index (χ4n) is 1.49. The Morgan fingerprint density at radius 2 is 2.11 bits per heavy atom. The zero-order valence-corrected chi connectivity index (χ0v) is 12.7. The fraction of sp³-hybridized carbons (Fsp3) is 0.667. The van der Waals surface area contributed by atoms with Crippen molar-refractivity contribution in [1.29, 1.82) is 0 Å². The quantitative estimate of drug-likeness (QED) is 0.685. The van der Waals surface area contributed by atoms with E-state index >= 15 is 0 Å². The van der Waals surface area contributed by atoms with Crippen molar-refractivity contribution in [3.8, 4) is 0 Å². The first-order valence-corrected chi connectivity index (χ1v) is 9.01. The molecule has 104 valence electrons. The lowest BCUT2D eigenvalue weighted by Crippen LogP contribution is -2.33. The van der Waals surface area contributed by atoms with Crippen molar-refractivity contribution < 1.29 is 8.42 Å². The molecule has 0 aliphatic heterocycles. The molecule has 1 aromatic rings. The first kappa shape index (κ1) is 15.6. The molecule has 0 atom stereocenters. The van der Waals surface area contributed by atoms with Crippen LogP contribution in [-0.2, 0) is 16.3 Å². The molecule has 1 N–H and O–H groups in total. The van der Waals surface area contributed by atoms with Crippen LogP contribution in [0.25, 0.3) is 0 Å². The van der Waals surface area contributed by atoms with Crippen molar-refractivity contribution in [3.63, 3.8) is 0 Å².